The van der Waals surface area contributed by atoms with Crippen LogP contribution in [-0.4, -0.2) is 111 Å². The fourth-order valence-corrected chi connectivity index (χ4v) is 8.34. The molecule has 2 aliphatic heterocycles. The first kappa shape index (κ1) is 65.7. The van der Waals surface area contributed by atoms with Gasteiger partial charge in [0.25, 0.3) is 22.4 Å². The van der Waals surface area contributed by atoms with E-state index in [1.807, 2.05) is 0 Å². The summed E-state index contributed by atoms with van der Waals surface area (Å²) in [5, 5.41) is 10.8. The van der Waals surface area contributed by atoms with Crippen LogP contribution < -0.4 is 9.47 Å². The normalized spacial score (nSPS) is 18.5. The van der Waals surface area contributed by atoms with Gasteiger partial charge in [0.15, 0.2) is 0 Å². The predicted octanol–water partition coefficient (Wildman–Crippen LogP) is 15.0. The van der Waals surface area contributed by atoms with Gasteiger partial charge in [0.1, 0.15) is 35.2 Å². The van der Waals surface area contributed by atoms with Gasteiger partial charge in [-0.2, -0.15) is 105 Å². The Labute approximate surface area is 445 Å². The molecule has 4 aromatic carbocycles. The summed E-state index contributed by atoms with van der Waals surface area (Å²) in [6.07, 6.45) is -58.4. The Bertz CT molecular complexity index is 2680. The number of ether oxygens (including phenoxy) is 8. The fourth-order valence-electron chi connectivity index (χ4n) is 8.34. The summed E-state index contributed by atoms with van der Waals surface area (Å²) >= 11 is 0. The van der Waals surface area contributed by atoms with E-state index in [-0.39, 0.29) is 61.7 Å². The zero-order chi connectivity index (χ0) is 61.8. The molecule has 0 saturated carbocycles. The minimum atomic E-state index is -6.57. The second-order valence-corrected chi connectivity index (χ2v) is 18.6. The number of rotatable bonds is 22. The Morgan fingerprint density at radius 3 is 0.854 bits per heavy atom. The van der Waals surface area contributed by atoms with Crippen molar-refractivity contribution in [3.8, 4) is 23.0 Å². The van der Waals surface area contributed by atoms with Crippen LogP contribution in [0.3, 0.4) is 0 Å². The second kappa shape index (κ2) is 22.5. The van der Waals surface area contributed by atoms with Crippen LogP contribution in [0, 0.1) is 0 Å². The third kappa shape index (κ3) is 12.9. The highest BCUT2D eigenvalue weighted by Gasteiger charge is 2.77. The lowest BCUT2D eigenvalue weighted by molar-refractivity contribution is -0.413. The molecule has 2 saturated heterocycles. The molecule has 82 heavy (non-hydrogen) atoms. The van der Waals surface area contributed by atoms with Gasteiger partial charge in [-0.3, -0.25) is 0 Å². The number of hydrogen-bond donors (Lipinski definition) is 1. The highest BCUT2D eigenvalue weighted by molar-refractivity contribution is 5.41. The van der Waals surface area contributed by atoms with E-state index in [1.165, 1.54) is 0 Å². The first-order chi connectivity index (χ1) is 37.3. The van der Waals surface area contributed by atoms with Gasteiger partial charge in [0.2, 0.25) is 0 Å². The van der Waals surface area contributed by atoms with Crippen molar-refractivity contribution in [2.45, 2.75) is 122 Å². The maximum absolute atomic E-state index is 15.0. The zero-order valence-electron chi connectivity index (χ0n) is 41.2. The lowest BCUT2D eigenvalue weighted by Gasteiger charge is -2.45. The molecule has 4 unspecified atom stereocenters. The molecule has 6 rings (SSSR count). The van der Waals surface area contributed by atoms with Gasteiger partial charge >= 0.3 is 49.4 Å². The van der Waals surface area contributed by atoms with E-state index in [1.54, 1.807) is 0 Å². The van der Waals surface area contributed by atoms with Crippen LogP contribution in [0.2, 0.25) is 0 Å². The van der Waals surface area contributed by atoms with Crippen LogP contribution >= 0.6 is 0 Å². The average Bonchev–Trinajstić information content (AvgIpc) is 4.36. The number of halogens is 24. The van der Waals surface area contributed by atoms with E-state index in [9.17, 15) is 84.1 Å². The van der Waals surface area contributed by atoms with Crippen LogP contribution in [0.4, 0.5) is 105 Å². The molecule has 4 atom stereocenters. The second-order valence-electron chi connectivity index (χ2n) is 18.6. The summed E-state index contributed by atoms with van der Waals surface area (Å²) in [7, 11) is 0. The van der Waals surface area contributed by atoms with Crippen LogP contribution in [0.5, 0.6) is 23.0 Å². The fraction of sp³-hybridized carbons (Fsp3) is 0.510. The third-order valence-electron chi connectivity index (χ3n) is 12.8. The number of hydrogen-bond acceptors (Lipinski definition) is 9. The molecular weight excluding hydrogens is 1190 g/mol. The highest BCUT2D eigenvalue weighted by atomic mass is 19.4. The van der Waals surface area contributed by atoms with Crippen molar-refractivity contribution in [3.05, 3.63) is 119 Å². The van der Waals surface area contributed by atoms with Crippen LogP contribution in [-0.2, 0) is 50.8 Å². The number of benzene rings is 4. The van der Waals surface area contributed by atoms with E-state index in [2.05, 4.69) is 23.7 Å². The van der Waals surface area contributed by atoms with Gasteiger partial charge in [-0.15, -0.1) is 0 Å². The van der Waals surface area contributed by atoms with Crippen molar-refractivity contribution >= 4 is 0 Å². The van der Waals surface area contributed by atoms with Crippen molar-refractivity contribution in [1.29, 1.82) is 0 Å². The first-order valence-corrected chi connectivity index (χ1v) is 23.2. The standard InChI is InChI=1S/C49H40F24O9/c1-3-37(2,82-41(48(68,69)70,49(71,72)73)29-10-18-34(19-11-29)81-33-16-8-28(9-17-33)40(46(62,63)64,47(65,66)67)79-25-36-23-76-36)20-30(74)21-77-38(42(50,51)52,43(53,54)55)26-4-12-31(13-5-26)80-32-14-6-27(7-15-32)39(44(56,57)58,45(59,60)61)78-24-35-22-75-35/h4-19,30,35-36,74H,3,20-25H2,1-2H3. The van der Waals surface area contributed by atoms with E-state index in [0.29, 0.717) is 55.5 Å². The summed E-state index contributed by atoms with van der Waals surface area (Å²) in [5.41, 5.74) is -30.5. The molecule has 2 fully saturated rings. The maximum Gasteiger partial charge on any atom is 0.430 e. The monoisotopic (exact) mass is 1230 g/mol. The summed E-state index contributed by atoms with van der Waals surface area (Å²) in [4.78, 5) is 0. The Morgan fingerprint density at radius 1 is 0.402 bits per heavy atom. The SMILES string of the molecule is CCC(C)(CC(O)COC(c1ccc(Oc2ccc(C(OCC3CO3)(C(F)(F)F)C(F)(F)F)cc2)cc1)(C(F)(F)F)C(F)(F)F)OC(c1ccc(Oc2ccc(C(OCC3CO3)(C(F)(F)F)C(F)(F)F)cc2)cc1)(C(F)(F)F)C(F)(F)F. The first-order valence-electron chi connectivity index (χ1n) is 23.2. The number of alkyl halides is 24. The Balaban J connectivity index is 1.22. The molecule has 0 radical (unpaired) electrons. The molecule has 0 bridgehead atoms. The third-order valence-corrected chi connectivity index (χ3v) is 12.8. The average molecular weight is 1230 g/mol. The zero-order valence-corrected chi connectivity index (χ0v) is 41.2. The smallest absolute Gasteiger partial charge is 0.430 e. The molecule has 458 valence electrons. The molecule has 1 N–H and O–H groups in total. The maximum atomic E-state index is 15.0. The minimum Gasteiger partial charge on any atom is -0.457 e. The summed E-state index contributed by atoms with van der Waals surface area (Å²) in [6, 6.07) is 5.06. The van der Waals surface area contributed by atoms with Gasteiger partial charge in [0.05, 0.1) is 44.7 Å². The highest BCUT2D eigenvalue weighted by Crippen LogP contribution is 2.59. The quantitative estimate of drug-likeness (QED) is 0.0609. The summed E-state index contributed by atoms with van der Waals surface area (Å²) < 4.78 is 385. The number of aliphatic hydroxyl groups excluding tert-OH is 1. The Kier molecular flexibility index (Phi) is 18.0. The van der Waals surface area contributed by atoms with E-state index < -0.39 is 174 Å². The molecule has 33 heteroatoms. The van der Waals surface area contributed by atoms with Gasteiger partial charge in [-0.1, -0.05) is 55.5 Å². The largest absolute Gasteiger partial charge is 0.457 e. The molecule has 2 heterocycles. The summed E-state index contributed by atoms with van der Waals surface area (Å²) in [6.45, 7) is -3.55. The molecule has 0 aromatic heterocycles. The van der Waals surface area contributed by atoms with E-state index in [0.717, 1.165) is 6.92 Å². The van der Waals surface area contributed by atoms with Gasteiger partial charge in [0, 0.05) is 28.7 Å². The van der Waals surface area contributed by atoms with Crippen LogP contribution in [0.1, 0.15) is 48.9 Å². The number of aliphatic hydroxyl groups is 1. The van der Waals surface area contributed by atoms with Crippen molar-refractivity contribution in [3.63, 3.8) is 0 Å². The van der Waals surface area contributed by atoms with Crippen LogP contribution in [0.25, 0.3) is 0 Å². The minimum absolute atomic E-state index is 0.0675. The molecule has 9 nitrogen and oxygen atoms in total. The van der Waals surface area contributed by atoms with E-state index in [4.69, 9.17) is 14.2 Å². The van der Waals surface area contributed by atoms with E-state index >= 15 is 26.3 Å². The van der Waals surface area contributed by atoms with Crippen molar-refractivity contribution in [2.24, 2.45) is 0 Å². The molecule has 0 spiro atoms. The molecule has 4 aromatic rings. The van der Waals surface area contributed by atoms with Crippen molar-refractivity contribution < 1.29 is 148 Å². The number of epoxide rings is 2. The molecule has 0 amide bonds. The van der Waals surface area contributed by atoms with Gasteiger partial charge in [-0.25, -0.2) is 0 Å². The van der Waals surface area contributed by atoms with Gasteiger partial charge < -0.3 is 43.0 Å². The lowest BCUT2D eigenvalue weighted by atomic mass is 9.87. The van der Waals surface area contributed by atoms with Gasteiger partial charge in [-0.05, 0) is 61.9 Å². The lowest BCUT2D eigenvalue weighted by Crippen LogP contribution is -2.60. The Hall–Kier alpha value is -5.48. The molecule has 0 aliphatic carbocycles. The van der Waals surface area contributed by atoms with Crippen LogP contribution in [0.15, 0.2) is 97.1 Å². The van der Waals surface area contributed by atoms with Crippen molar-refractivity contribution in [1.82, 2.24) is 0 Å². The summed E-state index contributed by atoms with van der Waals surface area (Å²) in [5.74, 6) is -2.65. The predicted molar refractivity (Wildman–Crippen MR) is 229 cm³/mol. The molecule has 2 aliphatic rings. The Morgan fingerprint density at radius 2 is 0.634 bits per heavy atom. The van der Waals surface area contributed by atoms with Crippen molar-refractivity contribution in [2.75, 3.05) is 33.0 Å². The topological polar surface area (TPSA) is 101 Å². The molecular formula is C49H40F24O9.